The number of hydrogen-bond donors (Lipinski definition) is 2. The van der Waals surface area contributed by atoms with Crippen LogP contribution in [0.3, 0.4) is 0 Å². The molecule has 5 nitrogen and oxygen atoms in total. The van der Waals surface area contributed by atoms with Crippen molar-refractivity contribution in [3.05, 3.63) is 46.6 Å². The Bertz CT molecular complexity index is 823. The molecule has 0 unspecified atom stereocenters. The van der Waals surface area contributed by atoms with E-state index in [1.54, 1.807) is 24.3 Å². The predicted octanol–water partition coefficient (Wildman–Crippen LogP) is 2.09. The fourth-order valence-electron chi connectivity index (χ4n) is 2.35. The van der Waals surface area contributed by atoms with Crippen LogP contribution in [0.2, 0.25) is 0 Å². The van der Waals surface area contributed by atoms with Gasteiger partial charge < -0.3 is 20.9 Å². The first-order valence-electron chi connectivity index (χ1n) is 7.39. The van der Waals surface area contributed by atoms with Crippen molar-refractivity contribution < 1.29 is 9.47 Å². The lowest BCUT2D eigenvalue weighted by Gasteiger charge is -2.08. The van der Waals surface area contributed by atoms with Crippen LogP contribution < -0.4 is 26.4 Å². The minimum atomic E-state index is 0.0181. The Morgan fingerprint density at radius 2 is 1.30 bits per heavy atom. The van der Waals surface area contributed by atoms with Crippen molar-refractivity contribution in [3.8, 4) is 11.5 Å². The van der Waals surface area contributed by atoms with Gasteiger partial charge in [-0.15, -0.1) is 11.3 Å². The highest BCUT2D eigenvalue weighted by atomic mass is 32.1. The van der Waals surface area contributed by atoms with Crippen molar-refractivity contribution in [1.82, 2.24) is 0 Å². The van der Waals surface area contributed by atoms with E-state index in [1.807, 2.05) is 12.1 Å². The van der Waals surface area contributed by atoms with E-state index in [2.05, 4.69) is 0 Å². The third-order valence-corrected chi connectivity index (χ3v) is 4.50. The summed E-state index contributed by atoms with van der Waals surface area (Å²) in [6.07, 6.45) is 0. The van der Waals surface area contributed by atoms with E-state index < -0.39 is 0 Å². The summed E-state index contributed by atoms with van der Waals surface area (Å²) in [5.74, 6) is 1.43. The fourth-order valence-corrected chi connectivity index (χ4v) is 3.47. The average Bonchev–Trinajstić information content (AvgIpc) is 2.57. The van der Waals surface area contributed by atoms with E-state index in [9.17, 15) is 4.79 Å². The molecule has 2 aromatic carbocycles. The van der Waals surface area contributed by atoms with Gasteiger partial charge in [-0.3, -0.25) is 4.79 Å². The van der Waals surface area contributed by atoms with Crippen LogP contribution in [-0.2, 0) is 0 Å². The Kier molecular flexibility index (Phi) is 4.76. The van der Waals surface area contributed by atoms with Gasteiger partial charge in [-0.25, -0.2) is 0 Å². The van der Waals surface area contributed by atoms with Gasteiger partial charge in [0.05, 0.1) is 0 Å². The van der Waals surface area contributed by atoms with E-state index in [0.29, 0.717) is 48.6 Å². The molecule has 4 N–H and O–H groups in total. The largest absolute Gasteiger partial charge is 0.492 e. The molecule has 0 aliphatic heterocycles. The van der Waals surface area contributed by atoms with Gasteiger partial charge >= 0.3 is 0 Å². The topological polar surface area (TPSA) is 87.6 Å². The minimum Gasteiger partial charge on any atom is -0.492 e. The Hall–Kier alpha value is -2.15. The second-order valence-electron chi connectivity index (χ2n) is 5.02. The molecule has 6 heteroatoms. The van der Waals surface area contributed by atoms with Crippen molar-refractivity contribution in [2.24, 2.45) is 11.5 Å². The van der Waals surface area contributed by atoms with Crippen LogP contribution >= 0.6 is 11.3 Å². The third-order valence-electron chi connectivity index (χ3n) is 3.39. The van der Waals surface area contributed by atoms with Gasteiger partial charge in [-0.05, 0) is 36.4 Å². The van der Waals surface area contributed by atoms with Crippen LogP contribution in [0.15, 0.2) is 41.2 Å². The van der Waals surface area contributed by atoms with Crippen molar-refractivity contribution in [2.45, 2.75) is 0 Å². The molecule has 3 rings (SSSR count). The van der Waals surface area contributed by atoms with Crippen LogP contribution in [0.4, 0.5) is 0 Å². The standard InChI is InChI=1S/C17H18N2O3S/c18-5-7-21-11-1-3-13-15(9-11)23-16-10-12(22-8-6-19)2-4-14(16)17(13)20/h1-4,9-10H,5-8,18-19H2. The highest BCUT2D eigenvalue weighted by Gasteiger charge is 2.08. The molecule has 0 saturated heterocycles. The van der Waals surface area contributed by atoms with Gasteiger partial charge in [-0.1, -0.05) is 0 Å². The summed E-state index contributed by atoms with van der Waals surface area (Å²) in [4.78, 5) is 12.6. The second kappa shape index (κ2) is 6.95. The summed E-state index contributed by atoms with van der Waals surface area (Å²) < 4.78 is 12.8. The minimum absolute atomic E-state index is 0.0181. The molecule has 0 radical (unpaired) electrons. The zero-order chi connectivity index (χ0) is 16.2. The molecule has 0 bridgehead atoms. The lowest BCUT2D eigenvalue weighted by atomic mass is 10.2. The van der Waals surface area contributed by atoms with Crippen molar-refractivity contribution in [1.29, 1.82) is 0 Å². The highest BCUT2D eigenvalue weighted by molar-refractivity contribution is 7.24. The molecular weight excluding hydrogens is 312 g/mol. The zero-order valence-corrected chi connectivity index (χ0v) is 13.4. The van der Waals surface area contributed by atoms with E-state index in [-0.39, 0.29) is 5.43 Å². The molecule has 0 aliphatic rings. The first-order valence-corrected chi connectivity index (χ1v) is 8.21. The van der Waals surface area contributed by atoms with Gasteiger partial charge in [0.15, 0.2) is 5.43 Å². The van der Waals surface area contributed by atoms with Crippen LogP contribution in [0.5, 0.6) is 11.5 Å². The summed E-state index contributed by atoms with van der Waals surface area (Å²) in [6.45, 7) is 1.80. The molecule has 0 fully saturated rings. The summed E-state index contributed by atoms with van der Waals surface area (Å²) >= 11 is 1.54. The zero-order valence-electron chi connectivity index (χ0n) is 12.6. The number of nitrogens with two attached hydrogens (primary N) is 2. The summed E-state index contributed by atoms with van der Waals surface area (Å²) in [7, 11) is 0. The lowest BCUT2D eigenvalue weighted by molar-refractivity contribution is 0.329. The molecule has 120 valence electrons. The Morgan fingerprint density at radius 1 is 0.826 bits per heavy atom. The van der Waals surface area contributed by atoms with E-state index in [4.69, 9.17) is 20.9 Å². The quantitative estimate of drug-likeness (QED) is 0.676. The Labute approximate surface area is 137 Å². The van der Waals surface area contributed by atoms with Crippen LogP contribution in [-0.4, -0.2) is 26.3 Å². The third kappa shape index (κ3) is 3.29. The summed E-state index contributed by atoms with van der Waals surface area (Å²) in [6, 6.07) is 11.0. The maximum Gasteiger partial charge on any atom is 0.195 e. The van der Waals surface area contributed by atoms with E-state index in [1.165, 1.54) is 11.3 Å². The molecule has 3 aromatic rings. The highest BCUT2D eigenvalue weighted by Crippen LogP contribution is 2.30. The van der Waals surface area contributed by atoms with Crippen molar-refractivity contribution >= 4 is 31.5 Å². The maximum absolute atomic E-state index is 12.6. The van der Waals surface area contributed by atoms with Gasteiger partial charge in [0.25, 0.3) is 0 Å². The van der Waals surface area contributed by atoms with Crippen LogP contribution in [0.25, 0.3) is 20.2 Å². The number of fused-ring (bicyclic) bond motifs is 2. The fraction of sp³-hybridized carbons (Fsp3) is 0.235. The van der Waals surface area contributed by atoms with Crippen molar-refractivity contribution in [2.75, 3.05) is 26.3 Å². The normalized spacial score (nSPS) is 11.0. The van der Waals surface area contributed by atoms with Crippen LogP contribution in [0, 0.1) is 0 Å². The first-order chi connectivity index (χ1) is 11.2. The maximum atomic E-state index is 12.6. The average molecular weight is 330 g/mol. The molecule has 1 heterocycles. The SMILES string of the molecule is NCCOc1ccc2c(=O)c3ccc(OCCN)cc3sc2c1. The second-order valence-corrected chi connectivity index (χ2v) is 6.11. The number of benzene rings is 2. The molecule has 0 aliphatic carbocycles. The Morgan fingerprint density at radius 3 is 1.74 bits per heavy atom. The van der Waals surface area contributed by atoms with Gasteiger partial charge in [0, 0.05) is 33.3 Å². The molecule has 1 aromatic heterocycles. The van der Waals surface area contributed by atoms with Gasteiger partial charge in [0.2, 0.25) is 0 Å². The summed E-state index contributed by atoms with van der Waals surface area (Å²) in [5, 5.41) is 1.39. The molecule has 0 spiro atoms. The molecule has 0 amide bonds. The number of rotatable bonds is 6. The monoisotopic (exact) mass is 330 g/mol. The number of ether oxygens (including phenoxy) is 2. The molecule has 0 atom stereocenters. The molecular formula is C17H18N2O3S. The Balaban J connectivity index is 2.09. The van der Waals surface area contributed by atoms with Crippen LogP contribution in [0.1, 0.15) is 0 Å². The molecule has 23 heavy (non-hydrogen) atoms. The van der Waals surface area contributed by atoms with Gasteiger partial charge in [-0.2, -0.15) is 0 Å². The summed E-state index contributed by atoms with van der Waals surface area (Å²) in [5.41, 5.74) is 10.9. The van der Waals surface area contributed by atoms with Crippen molar-refractivity contribution in [3.63, 3.8) is 0 Å². The van der Waals surface area contributed by atoms with Gasteiger partial charge in [0.1, 0.15) is 24.7 Å². The van der Waals surface area contributed by atoms with E-state index >= 15 is 0 Å². The van der Waals surface area contributed by atoms with E-state index in [0.717, 1.165) is 9.40 Å². The first kappa shape index (κ1) is 15.7. The smallest absolute Gasteiger partial charge is 0.195 e. The predicted molar refractivity (Wildman–Crippen MR) is 94.7 cm³/mol. The lowest BCUT2D eigenvalue weighted by Crippen LogP contribution is -2.11. The number of hydrogen-bond acceptors (Lipinski definition) is 6. The molecule has 0 saturated carbocycles.